The summed E-state index contributed by atoms with van der Waals surface area (Å²) >= 11 is 0. The lowest BCUT2D eigenvalue weighted by Gasteiger charge is -2.44. The molecule has 1 amide bonds. The second-order valence-corrected chi connectivity index (χ2v) is 12.5. The van der Waals surface area contributed by atoms with Gasteiger partial charge in [-0.2, -0.15) is 0 Å². The van der Waals surface area contributed by atoms with Crippen LogP contribution in [0.4, 0.5) is 11.4 Å². The van der Waals surface area contributed by atoms with Gasteiger partial charge in [0.25, 0.3) is 21.5 Å². The van der Waals surface area contributed by atoms with Crippen molar-refractivity contribution >= 4 is 27.3 Å². The van der Waals surface area contributed by atoms with Crippen LogP contribution in [0.2, 0.25) is 0 Å². The second-order valence-electron chi connectivity index (χ2n) is 10.9. The fourth-order valence-electron chi connectivity index (χ4n) is 6.00. The molecule has 0 spiro atoms. The summed E-state index contributed by atoms with van der Waals surface area (Å²) < 4.78 is 43.1. The maximum absolute atomic E-state index is 13.6. The first-order chi connectivity index (χ1) is 19.8. The standard InChI is InChI=1S/C30H34N4O6S/c1-2-3-11-31-30(36)21-7-9-26(33-17-20-14-22(19-33)25-5-4-6-29(35)34(25)18-20)24(15-21)32-41(37,38)23-8-10-27-28(16-23)40-13-12-39-27/h4-10,15-16,20,22,32H,2-3,11-14,17-19H2,1H3,(H,31,36). The molecule has 0 aliphatic carbocycles. The van der Waals surface area contributed by atoms with Crippen molar-refractivity contribution < 1.29 is 22.7 Å². The first-order valence-electron chi connectivity index (χ1n) is 14.1. The van der Waals surface area contributed by atoms with Crippen LogP contribution in [0.1, 0.15) is 48.2 Å². The number of ether oxygens (including phenoxy) is 2. The molecule has 2 atom stereocenters. The third kappa shape index (κ3) is 5.50. The molecule has 1 aromatic heterocycles. The summed E-state index contributed by atoms with van der Waals surface area (Å²) in [5.74, 6) is 0.993. The molecule has 1 saturated heterocycles. The van der Waals surface area contributed by atoms with E-state index in [-0.39, 0.29) is 28.2 Å². The summed E-state index contributed by atoms with van der Waals surface area (Å²) in [6.07, 6.45) is 2.77. The number of anilines is 2. The van der Waals surface area contributed by atoms with Crippen molar-refractivity contribution in [2.45, 2.75) is 43.5 Å². The van der Waals surface area contributed by atoms with Crippen LogP contribution >= 0.6 is 0 Å². The number of sulfonamides is 1. The highest BCUT2D eigenvalue weighted by Gasteiger charge is 2.35. The van der Waals surface area contributed by atoms with E-state index in [0.29, 0.717) is 67.8 Å². The zero-order valence-corrected chi connectivity index (χ0v) is 23.8. The Morgan fingerprint density at radius 1 is 1.00 bits per heavy atom. The number of nitrogens with zero attached hydrogens (tertiary/aromatic N) is 2. The zero-order chi connectivity index (χ0) is 28.6. The average molecular weight is 579 g/mol. The van der Waals surface area contributed by atoms with Gasteiger partial charge < -0.3 is 24.3 Å². The number of amides is 1. The van der Waals surface area contributed by atoms with E-state index in [0.717, 1.165) is 25.0 Å². The lowest BCUT2D eigenvalue weighted by atomic mass is 9.83. The third-order valence-electron chi connectivity index (χ3n) is 7.96. The summed E-state index contributed by atoms with van der Waals surface area (Å²) in [6.45, 7) is 5.26. The molecule has 10 nitrogen and oxygen atoms in total. The van der Waals surface area contributed by atoms with Crippen molar-refractivity contribution in [3.63, 3.8) is 0 Å². The van der Waals surface area contributed by atoms with E-state index in [9.17, 15) is 18.0 Å². The summed E-state index contributed by atoms with van der Waals surface area (Å²) in [5.41, 5.74) is 2.41. The monoisotopic (exact) mass is 578 g/mol. The number of benzene rings is 2. The number of carbonyl (C=O) groups is 1. The Morgan fingerprint density at radius 2 is 1.83 bits per heavy atom. The van der Waals surface area contributed by atoms with Crippen molar-refractivity contribution in [3.05, 3.63) is 76.2 Å². The van der Waals surface area contributed by atoms with E-state index in [1.807, 2.05) is 16.7 Å². The third-order valence-corrected chi connectivity index (χ3v) is 9.33. The van der Waals surface area contributed by atoms with Crippen LogP contribution in [0.5, 0.6) is 11.5 Å². The second kappa shape index (κ2) is 11.1. The van der Waals surface area contributed by atoms with Crippen molar-refractivity contribution in [1.82, 2.24) is 9.88 Å². The Morgan fingerprint density at radius 3 is 2.66 bits per heavy atom. The zero-order valence-electron chi connectivity index (χ0n) is 23.0. The molecule has 2 N–H and O–H groups in total. The number of rotatable bonds is 8. The number of hydrogen-bond donors (Lipinski definition) is 2. The Balaban J connectivity index is 1.34. The van der Waals surface area contributed by atoms with Crippen LogP contribution in [0.15, 0.2) is 64.3 Å². The van der Waals surface area contributed by atoms with Crippen LogP contribution < -0.4 is 30.0 Å². The normalized spacial score (nSPS) is 19.3. The van der Waals surface area contributed by atoms with E-state index in [2.05, 4.69) is 21.9 Å². The van der Waals surface area contributed by atoms with Gasteiger partial charge in [0.05, 0.1) is 16.3 Å². The highest BCUT2D eigenvalue weighted by Crippen LogP contribution is 2.40. The van der Waals surface area contributed by atoms with E-state index in [1.165, 1.54) is 12.1 Å². The molecule has 11 heteroatoms. The fraction of sp³-hybridized carbons (Fsp3) is 0.400. The molecule has 3 aliphatic rings. The number of carbonyl (C=O) groups excluding carboxylic acids is 1. The van der Waals surface area contributed by atoms with Gasteiger partial charge in [0, 0.05) is 55.5 Å². The van der Waals surface area contributed by atoms with E-state index in [4.69, 9.17) is 9.47 Å². The Hall–Kier alpha value is -3.99. The molecule has 0 saturated carbocycles. The van der Waals surface area contributed by atoms with E-state index < -0.39 is 10.0 Å². The van der Waals surface area contributed by atoms with Crippen molar-refractivity contribution in [3.8, 4) is 11.5 Å². The molecule has 216 valence electrons. The predicted octanol–water partition coefficient (Wildman–Crippen LogP) is 3.57. The van der Waals surface area contributed by atoms with Crippen LogP contribution in [0.3, 0.4) is 0 Å². The van der Waals surface area contributed by atoms with Gasteiger partial charge in [-0.25, -0.2) is 8.42 Å². The quantitative estimate of drug-likeness (QED) is 0.392. The SMILES string of the molecule is CCCCNC(=O)c1ccc(N2CC3CC(C2)c2cccc(=O)n2C3)c(NS(=O)(=O)c2ccc3c(c2)OCCO3)c1. The number of fused-ring (bicyclic) bond motifs is 5. The first kappa shape index (κ1) is 27.2. The topological polar surface area (TPSA) is 119 Å². The summed E-state index contributed by atoms with van der Waals surface area (Å²) in [7, 11) is -4.03. The van der Waals surface area contributed by atoms with Gasteiger partial charge in [-0.15, -0.1) is 0 Å². The van der Waals surface area contributed by atoms with Gasteiger partial charge in [-0.05, 0) is 55.2 Å². The van der Waals surface area contributed by atoms with E-state index >= 15 is 0 Å². The van der Waals surface area contributed by atoms with Gasteiger partial charge >= 0.3 is 0 Å². The highest BCUT2D eigenvalue weighted by molar-refractivity contribution is 7.92. The van der Waals surface area contributed by atoms with Crippen molar-refractivity contribution in [2.24, 2.45) is 5.92 Å². The van der Waals surface area contributed by atoms with E-state index in [1.54, 1.807) is 30.3 Å². The van der Waals surface area contributed by atoms with Crippen LogP contribution in [-0.4, -0.2) is 51.7 Å². The number of unbranched alkanes of at least 4 members (excludes halogenated alkanes) is 1. The molecule has 1 fully saturated rings. The average Bonchev–Trinajstić information content (AvgIpc) is 2.97. The van der Waals surface area contributed by atoms with Crippen LogP contribution in [0.25, 0.3) is 0 Å². The number of aromatic nitrogens is 1. The molecule has 4 heterocycles. The summed E-state index contributed by atoms with van der Waals surface area (Å²) in [5, 5.41) is 2.91. The lowest BCUT2D eigenvalue weighted by molar-refractivity contribution is 0.0953. The Kier molecular flexibility index (Phi) is 7.37. The molecule has 6 rings (SSSR count). The van der Waals surface area contributed by atoms with Gasteiger partial charge in [0.15, 0.2) is 11.5 Å². The highest BCUT2D eigenvalue weighted by atomic mass is 32.2. The maximum atomic E-state index is 13.6. The number of nitrogens with one attached hydrogen (secondary N) is 2. The van der Waals surface area contributed by atoms with Gasteiger partial charge in [0.2, 0.25) is 0 Å². The summed E-state index contributed by atoms with van der Waals surface area (Å²) in [6, 6.07) is 15.1. The molecule has 2 unspecified atom stereocenters. The molecular weight excluding hydrogens is 544 g/mol. The predicted molar refractivity (Wildman–Crippen MR) is 156 cm³/mol. The molecular formula is C30H34N4O6S. The first-order valence-corrected chi connectivity index (χ1v) is 15.6. The molecule has 41 heavy (non-hydrogen) atoms. The van der Waals surface area contributed by atoms with Gasteiger partial charge in [0.1, 0.15) is 13.2 Å². The fourth-order valence-corrected chi connectivity index (χ4v) is 7.08. The van der Waals surface area contributed by atoms with Gasteiger partial charge in [-0.3, -0.25) is 14.3 Å². The minimum atomic E-state index is -4.03. The minimum Gasteiger partial charge on any atom is -0.486 e. The number of hydrogen-bond acceptors (Lipinski definition) is 7. The molecule has 3 aromatic rings. The number of piperidine rings is 1. The largest absolute Gasteiger partial charge is 0.486 e. The van der Waals surface area contributed by atoms with Crippen molar-refractivity contribution in [1.29, 1.82) is 0 Å². The smallest absolute Gasteiger partial charge is 0.262 e. The number of pyridine rings is 1. The summed E-state index contributed by atoms with van der Waals surface area (Å²) in [4.78, 5) is 27.6. The minimum absolute atomic E-state index is 0.0111. The van der Waals surface area contributed by atoms with Crippen LogP contribution in [-0.2, 0) is 16.6 Å². The molecule has 2 aromatic carbocycles. The van der Waals surface area contributed by atoms with Crippen LogP contribution in [0, 0.1) is 5.92 Å². The molecule has 0 radical (unpaired) electrons. The molecule has 3 aliphatic heterocycles. The molecule has 2 bridgehead atoms. The maximum Gasteiger partial charge on any atom is 0.262 e. The lowest BCUT2D eigenvalue weighted by Crippen LogP contribution is -2.47. The Bertz CT molecular complexity index is 1640. The Labute approximate surface area is 239 Å². The van der Waals surface area contributed by atoms with Crippen molar-refractivity contribution in [2.75, 3.05) is 42.5 Å². The van der Waals surface area contributed by atoms with Gasteiger partial charge in [-0.1, -0.05) is 19.4 Å².